The van der Waals surface area contributed by atoms with E-state index >= 15 is 0 Å². The van der Waals surface area contributed by atoms with Gasteiger partial charge in [0.25, 0.3) is 0 Å². The smallest absolute Gasteiger partial charge is 0.220 e. The van der Waals surface area contributed by atoms with E-state index in [2.05, 4.69) is 34.9 Å². The Labute approximate surface area is 168 Å². The zero-order valence-corrected chi connectivity index (χ0v) is 17.0. The standard InChI is InChI=1S/C23H34N2O3/c1-27-14-15-28-22-21(25-20(26)16-17-6-2-3-7-17)18-8-4-5-9-19(18)23(22)10-12-24-13-11-23/h4-5,8-9,17,21-22,24H,2-3,6-7,10-16H2,1H3,(H,25,26)/t21-,22+/m0/s1. The van der Waals surface area contributed by atoms with Crippen LogP contribution < -0.4 is 10.6 Å². The van der Waals surface area contributed by atoms with Gasteiger partial charge in [-0.1, -0.05) is 37.1 Å². The molecule has 2 aliphatic carbocycles. The third-order valence-electron chi connectivity index (χ3n) is 7.03. The van der Waals surface area contributed by atoms with Gasteiger partial charge in [0.05, 0.1) is 25.4 Å². The van der Waals surface area contributed by atoms with Crippen molar-refractivity contribution < 1.29 is 14.3 Å². The minimum atomic E-state index is -0.0694. The quantitative estimate of drug-likeness (QED) is 0.707. The summed E-state index contributed by atoms with van der Waals surface area (Å²) < 4.78 is 11.7. The first-order chi connectivity index (χ1) is 13.7. The normalized spacial score (nSPS) is 26.5. The Kier molecular flexibility index (Phi) is 6.34. The summed E-state index contributed by atoms with van der Waals surface area (Å²) in [6.07, 6.45) is 7.61. The predicted octanol–water partition coefficient (Wildman–Crippen LogP) is 3.09. The number of piperidine rings is 1. The molecule has 1 aromatic rings. The molecule has 2 atom stereocenters. The maximum Gasteiger partial charge on any atom is 0.220 e. The number of fused-ring (bicyclic) bond motifs is 2. The number of rotatable bonds is 7. The van der Waals surface area contributed by atoms with Crippen LogP contribution in [-0.4, -0.2) is 45.4 Å². The highest BCUT2D eigenvalue weighted by molar-refractivity contribution is 5.77. The number of benzene rings is 1. The fourth-order valence-electron chi connectivity index (χ4n) is 5.66. The van der Waals surface area contributed by atoms with E-state index in [0.29, 0.717) is 25.6 Å². The summed E-state index contributed by atoms with van der Waals surface area (Å²) in [6, 6.07) is 8.56. The first-order valence-corrected chi connectivity index (χ1v) is 10.9. The number of hydrogen-bond donors (Lipinski definition) is 2. The summed E-state index contributed by atoms with van der Waals surface area (Å²) in [5.41, 5.74) is 2.58. The molecule has 1 heterocycles. The maximum absolute atomic E-state index is 12.9. The second-order valence-corrected chi connectivity index (χ2v) is 8.68. The van der Waals surface area contributed by atoms with Crippen molar-refractivity contribution in [3.63, 3.8) is 0 Å². The van der Waals surface area contributed by atoms with Crippen molar-refractivity contribution in [2.45, 2.75) is 62.5 Å². The van der Waals surface area contributed by atoms with E-state index in [1.165, 1.54) is 36.8 Å². The van der Waals surface area contributed by atoms with Crippen LogP contribution >= 0.6 is 0 Å². The molecule has 0 radical (unpaired) electrons. The number of carbonyl (C=O) groups excluding carboxylic acids is 1. The van der Waals surface area contributed by atoms with Gasteiger partial charge in [0.1, 0.15) is 0 Å². The van der Waals surface area contributed by atoms with Gasteiger partial charge in [0, 0.05) is 18.9 Å². The summed E-state index contributed by atoms with van der Waals surface area (Å²) >= 11 is 0. The van der Waals surface area contributed by atoms with Gasteiger partial charge < -0.3 is 20.1 Å². The fraction of sp³-hybridized carbons (Fsp3) is 0.696. The number of amides is 1. The number of nitrogens with one attached hydrogen (secondary N) is 2. The third kappa shape index (κ3) is 3.85. The molecule has 1 aliphatic heterocycles. The highest BCUT2D eigenvalue weighted by atomic mass is 16.5. The molecule has 0 unspecified atom stereocenters. The molecule has 3 aliphatic rings. The topological polar surface area (TPSA) is 59.6 Å². The first-order valence-electron chi connectivity index (χ1n) is 10.9. The third-order valence-corrected chi connectivity index (χ3v) is 7.03. The molecule has 4 rings (SSSR count). The van der Waals surface area contributed by atoms with E-state index in [4.69, 9.17) is 9.47 Å². The molecule has 5 nitrogen and oxygen atoms in total. The molecule has 0 aromatic heterocycles. The Morgan fingerprint density at radius 3 is 2.68 bits per heavy atom. The van der Waals surface area contributed by atoms with E-state index in [0.717, 1.165) is 25.9 Å². The summed E-state index contributed by atoms with van der Waals surface area (Å²) in [4.78, 5) is 12.9. The van der Waals surface area contributed by atoms with Crippen LogP contribution in [0.2, 0.25) is 0 Å². The Bertz CT molecular complexity index is 666. The van der Waals surface area contributed by atoms with Crippen molar-refractivity contribution in [2.24, 2.45) is 5.92 Å². The van der Waals surface area contributed by atoms with E-state index in [-0.39, 0.29) is 23.5 Å². The van der Waals surface area contributed by atoms with E-state index in [1.54, 1.807) is 7.11 Å². The van der Waals surface area contributed by atoms with Crippen molar-refractivity contribution in [3.8, 4) is 0 Å². The lowest BCUT2D eigenvalue weighted by atomic mass is 9.72. The lowest BCUT2D eigenvalue weighted by Crippen LogP contribution is -2.50. The van der Waals surface area contributed by atoms with Crippen LogP contribution in [0.5, 0.6) is 0 Å². The van der Waals surface area contributed by atoms with Gasteiger partial charge in [-0.25, -0.2) is 0 Å². The molecule has 154 valence electrons. The van der Waals surface area contributed by atoms with E-state index in [1.807, 2.05) is 0 Å². The van der Waals surface area contributed by atoms with Crippen LogP contribution in [0.25, 0.3) is 0 Å². The molecule has 28 heavy (non-hydrogen) atoms. The molecular weight excluding hydrogens is 352 g/mol. The van der Waals surface area contributed by atoms with Gasteiger partial charge in [-0.05, 0) is 55.8 Å². The molecule has 1 saturated heterocycles. The largest absolute Gasteiger partial charge is 0.382 e. The van der Waals surface area contributed by atoms with Gasteiger partial charge in [0.2, 0.25) is 5.91 Å². The summed E-state index contributed by atoms with van der Waals surface area (Å²) in [5.74, 6) is 0.732. The molecule has 1 spiro atoms. The monoisotopic (exact) mass is 386 g/mol. The predicted molar refractivity (Wildman–Crippen MR) is 109 cm³/mol. The minimum Gasteiger partial charge on any atom is -0.382 e. The van der Waals surface area contributed by atoms with Crippen LogP contribution in [0.15, 0.2) is 24.3 Å². The summed E-state index contributed by atoms with van der Waals surface area (Å²) in [6.45, 7) is 3.10. The van der Waals surface area contributed by atoms with Gasteiger partial charge in [-0.15, -0.1) is 0 Å². The number of ether oxygens (including phenoxy) is 2. The van der Waals surface area contributed by atoms with Gasteiger partial charge >= 0.3 is 0 Å². The van der Waals surface area contributed by atoms with Crippen molar-refractivity contribution >= 4 is 5.91 Å². The number of methoxy groups -OCH3 is 1. The van der Waals surface area contributed by atoms with Crippen LogP contribution in [0.1, 0.15) is 62.1 Å². The SMILES string of the molecule is COCCO[C@@H]1[C@@H](NC(=O)CC2CCCC2)c2ccccc2C12CCNCC2. The van der Waals surface area contributed by atoms with Crippen LogP contribution in [0.4, 0.5) is 0 Å². The second-order valence-electron chi connectivity index (χ2n) is 8.68. The van der Waals surface area contributed by atoms with Crippen LogP contribution in [0.3, 0.4) is 0 Å². The second kappa shape index (κ2) is 8.93. The zero-order valence-electron chi connectivity index (χ0n) is 17.0. The Morgan fingerprint density at radius 2 is 1.93 bits per heavy atom. The van der Waals surface area contributed by atoms with Crippen molar-refractivity contribution in [3.05, 3.63) is 35.4 Å². The lowest BCUT2D eigenvalue weighted by Gasteiger charge is -2.41. The van der Waals surface area contributed by atoms with Crippen molar-refractivity contribution in [2.75, 3.05) is 33.4 Å². The minimum absolute atomic E-state index is 0.0269. The van der Waals surface area contributed by atoms with Gasteiger partial charge in [-0.2, -0.15) is 0 Å². The Hall–Kier alpha value is -1.43. The fourth-order valence-corrected chi connectivity index (χ4v) is 5.66. The average Bonchev–Trinajstić information content (AvgIpc) is 3.30. The van der Waals surface area contributed by atoms with Gasteiger partial charge in [-0.3, -0.25) is 4.79 Å². The average molecular weight is 387 g/mol. The van der Waals surface area contributed by atoms with Crippen LogP contribution in [0, 0.1) is 5.92 Å². The summed E-state index contributed by atoms with van der Waals surface area (Å²) in [5, 5.41) is 6.88. The van der Waals surface area contributed by atoms with E-state index < -0.39 is 0 Å². The molecule has 2 fully saturated rings. The van der Waals surface area contributed by atoms with Crippen molar-refractivity contribution in [1.82, 2.24) is 10.6 Å². The van der Waals surface area contributed by atoms with Gasteiger partial charge in [0.15, 0.2) is 0 Å². The molecular formula is C23H34N2O3. The molecule has 2 N–H and O–H groups in total. The lowest BCUT2D eigenvalue weighted by molar-refractivity contribution is -0.125. The first kappa shape index (κ1) is 19.9. The molecule has 1 amide bonds. The maximum atomic E-state index is 12.9. The Morgan fingerprint density at radius 1 is 1.18 bits per heavy atom. The zero-order chi connectivity index (χ0) is 19.4. The van der Waals surface area contributed by atoms with Crippen molar-refractivity contribution in [1.29, 1.82) is 0 Å². The van der Waals surface area contributed by atoms with E-state index in [9.17, 15) is 4.79 Å². The highest BCUT2D eigenvalue weighted by Gasteiger charge is 2.53. The molecule has 5 heteroatoms. The van der Waals surface area contributed by atoms with Crippen LogP contribution in [-0.2, 0) is 19.7 Å². The highest BCUT2D eigenvalue weighted by Crippen LogP contribution is 2.51. The molecule has 1 aromatic carbocycles. The number of hydrogen-bond acceptors (Lipinski definition) is 4. The summed E-state index contributed by atoms with van der Waals surface area (Å²) in [7, 11) is 1.70. The Balaban J connectivity index is 1.58. The molecule has 0 bridgehead atoms. The number of carbonyl (C=O) groups is 1. The molecule has 1 saturated carbocycles.